The lowest BCUT2D eigenvalue weighted by Crippen LogP contribution is -2.22. The van der Waals surface area contributed by atoms with Crippen LogP contribution in [0, 0.1) is 0 Å². The van der Waals surface area contributed by atoms with Gasteiger partial charge in [-0.05, 0) is 71.2 Å². The molecule has 0 unspecified atom stereocenters. The number of nitrogen functional groups attached to an aromatic ring is 1. The maximum atomic E-state index is 12.7. The number of carbonyl (C=O) groups is 1. The summed E-state index contributed by atoms with van der Waals surface area (Å²) in [7, 11) is 0. The summed E-state index contributed by atoms with van der Waals surface area (Å²) >= 11 is 1.94. The van der Waals surface area contributed by atoms with Crippen molar-refractivity contribution in [2.24, 2.45) is 0 Å². The number of rotatable bonds is 3. The molecule has 0 saturated heterocycles. The molecule has 0 saturated carbocycles. The van der Waals surface area contributed by atoms with Gasteiger partial charge in [0.25, 0.3) is 5.91 Å². The molecule has 1 aromatic heterocycles. The summed E-state index contributed by atoms with van der Waals surface area (Å²) in [6.45, 7) is 4.65. The van der Waals surface area contributed by atoms with Gasteiger partial charge in [0.1, 0.15) is 0 Å². The lowest BCUT2D eigenvalue weighted by molar-refractivity contribution is 0.102. The lowest BCUT2D eigenvalue weighted by atomic mass is 9.81. The van der Waals surface area contributed by atoms with E-state index >= 15 is 0 Å². The summed E-state index contributed by atoms with van der Waals surface area (Å²) in [5, 5.41) is 3.97. The number of hydrogen-bond donors (Lipinski definition) is 3. The topological polar surface area (TPSA) is 70.9 Å². The number of nitrogens with one attached hydrogen (secondary N) is 2. The monoisotopic (exact) mass is 427 g/mol. The molecule has 4 nitrogen and oxygen atoms in total. The van der Waals surface area contributed by atoms with Crippen LogP contribution in [0.3, 0.4) is 0 Å². The molecule has 0 atom stereocenters. The number of amides is 1. The number of carbonyl (C=O) groups excluding carboxylic acids is 1. The van der Waals surface area contributed by atoms with Gasteiger partial charge in [-0.2, -0.15) is 0 Å². The second-order valence-electron chi connectivity index (χ2n) is 8.72. The van der Waals surface area contributed by atoms with Crippen molar-refractivity contribution >= 4 is 39.9 Å². The van der Waals surface area contributed by atoms with Crippen molar-refractivity contribution in [1.82, 2.24) is 4.98 Å². The number of hydrogen-bond acceptors (Lipinski definition) is 3. The molecule has 4 N–H and O–H groups in total. The fourth-order valence-corrected chi connectivity index (χ4v) is 5.62. The highest BCUT2D eigenvalue weighted by Gasteiger charge is 2.28. The number of nitrogens with two attached hydrogens (primary N) is 1. The summed E-state index contributed by atoms with van der Waals surface area (Å²) in [5.74, 6) is 0.995. The van der Waals surface area contributed by atoms with E-state index < -0.39 is 0 Å². The average molecular weight is 428 g/mol. The number of para-hydroxylation sites is 2. The van der Waals surface area contributed by atoms with Gasteiger partial charge in [-0.1, -0.05) is 38.1 Å². The van der Waals surface area contributed by atoms with E-state index in [4.69, 9.17) is 5.73 Å². The Hall–Kier alpha value is -3.18. The zero-order valence-electron chi connectivity index (χ0n) is 17.7. The van der Waals surface area contributed by atoms with E-state index in [1.54, 1.807) is 12.1 Å². The average Bonchev–Trinajstić information content (AvgIpc) is 3.18. The third-order valence-electron chi connectivity index (χ3n) is 6.10. The van der Waals surface area contributed by atoms with E-state index in [-0.39, 0.29) is 11.3 Å². The molecule has 5 rings (SSSR count). The molecule has 1 aliphatic rings. The number of aromatic amines is 1. The first kappa shape index (κ1) is 19.8. The molecule has 0 spiro atoms. The number of aromatic nitrogens is 1. The molecule has 2 heterocycles. The molecular weight excluding hydrogens is 402 g/mol. The van der Waals surface area contributed by atoms with Gasteiger partial charge in [0, 0.05) is 27.1 Å². The summed E-state index contributed by atoms with van der Waals surface area (Å²) in [6, 6.07) is 21.9. The van der Waals surface area contributed by atoms with E-state index in [1.807, 2.05) is 42.1 Å². The first-order chi connectivity index (χ1) is 14.9. The first-order valence-electron chi connectivity index (χ1n) is 10.5. The zero-order valence-corrected chi connectivity index (χ0v) is 18.5. The Bertz CT molecular complexity index is 1310. The third-order valence-corrected chi connectivity index (χ3v) is 7.17. The molecule has 1 amide bonds. The summed E-state index contributed by atoms with van der Waals surface area (Å²) < 4.78 is 0. The van der Waals surface area contributed by atoms with E-state index in [0.717, 1.165) is 16.6 Å². The number of fused-ring (bicyclic) bond motifs is 2. The number of H-pyrrole nitrogens is 1. The van der Waals surface area contributed by atoms with Crippen molar-refractivity contribution in [3.63, 3.8) is 0 Å². The Morgan fingerprint density at radius 2 is 1.90 bits per heavy atom. The van der Waals surface area contributed by atoms with E-state index in [2.05, 4.69) is 48.4 Å². The maximum absolute atomic E-state index is 12.7. The predicted molar refractivity (Wildman–Crippen MR) is 131 cm³/mol. The van der Waals surface area contributed by atoms with Gasteiger partial charge >= 0.3 is 0 Å². The number of benzene rings is 3. The van der Waals surface area contributed by atoms with Gasteiger partial charge in [-0.25, -0.2) is 0 Å². The van der Waals surface area contributed by atoms with Crippen molar-refractivity contribution in [3.05, 3.63) is 77.9 Å². The van der Waals surface area contributed by atoms with Crippen LogP contribution in [-0.4, -0.2) is 16.6 Å². The van der Waals surface area contributed by atoms with Crippen LogP contribution in [0.4, 0.5) is 11.4 Å². The second kappa shape index (κ2) is 7.50. The Morgan fingerprint density at radius 3 is 2.74 bits per heavy atom. The molecular formula is C26H25N3OS. The minimum Gasteiger partial charge on any atom is -0.397 e. The first-order valence-corrected chi connectivity index (χ1v) is 11.5. The fourth-order valence-electron chi connectivity index (χ4n) is 4.13. The van der Waals surface area contributed by atoms with Crippen LogP contribution in [0.25, 0.3) is 22.2 Å². The SMILES string of the molecule is CC1(C)CCSc2ccc(-c3cc4ccc(C(=O)Nc5ccccc5N)cc4[nH]3)cc21. The highest BCUT2D eigenvalue weighted by Crippen LogP contribution is 2.43. The van der Waals surface area contributed by atoms with Crippen LogP contribution in [-0.2, 0) is 5.41 Å². The van der Waals surface area contributed by atoms with Crippen molar-refractivity contribution in [3.8, 4) is 11.3 Å². The molecule has 0 bridgehead atoms. The second-order valence-corrected chi connectivity index (χ2v) is 9.86. The largest absolute Gasteiger partial charge is 0.397 e. The van der Waals surface area contributed by atoms with Crippen LogP contribution in [0.1, 0.15) is 36.2 Å². The van der Waals surface area contributed by atoms with Gasteiger partial charge in [-0.3, -0.25) is 4.79 Å². The van der Waals surface area contributed by atoms with E-state index in [0.29, 0.717) is 16.9 Å². The molecule has 1 aliphatic heterocycles. The summed E-state index contributed by atoms with van der Waals surface area (Å²) in [5.41, 5.74) is 12.5. The normalized spacial score (nSPS) is 14.9. The van der Waals surface area contributed by atoms with Crippen molar-refractivity contribution < 1.29 is 4.79 Å². The minimum atomic E-state index is -0.177. The summed E-state index contributed by atoms with van der Waals surface area (Å²) in [4.78, 5) is 17.6. The quantitative estimate of drug-likeness (QED) is 0.329. The van der Waals surface area contributed by atoms with Gasteiger partial charge < -0.3 is 16.0 Å². The smallest absolute Gasteiger partial charge is 0.255 e. The molecule has 0 aliphatic carbocycles. The predicted octanol–water partition coefficient (Wildman–Crippen LogP) is 6.44. The highest BCUT2D eigenvalue weighted by molar-refractivity contribution is 7.99. The highest BCUT2D eigenvalue weighted by atomic mass is 32.2. The van der Waals surface area contributed by atoms with Crippen molar-refractivity contribution in [2.45, 2.75) is 30.6 Å². The van der Waals surface area contributed by atoms with Gasteiger partial charge in [0.2, 0.25) is 0 Å². The van der Waals surface area contributed by atoms with Gasteiger partial charge in [-0.15, -0.1) is 11.8 Å². The van der Waals surface area contributed by atoms with Crippen LogP contribution >= 0.6 is 11.8 Å². The molecule has 4 aromatic rings. The maximum Gasteiger partial charge on any atom is 0.255 e. The number of anilines is 2. The van der Waals surface area contributed by atoms with Crippen molar-refractivity contribution in [1.29, 1.82) is 0 Å². The van der Waals surface area contributed by atoms with Gasteiger partial charge in [0.05, 0.1) is 11.4 Å². The van der Waals surface area contributed by atoms with Crippen LogP contribution in [0.5, 0.6) is 0 Å². The molecule has 156 valence electrons. The molecule has 0 fully saturated rings. The number of thioether (sulfide) groups is 1. The Labute approximate surface area is 186 Å². The Kier molecular flexibility index (Phi) is 4.78. The van der Waals surface area contributed by atoms with E-state index in [1.165, 1.54) is 28.2 Å². The van der Waals surface area contributed by atoms with Crippen LogP contribution in [0.15, 0.2) is 71.6 Å². The lowest BCUT2D eigenvalue weighted by Gasteiger charge is -2.32. The zero-order chi connectivity index (χ0) is 21.6. The van der Waals surface area contributed by atoms with Gasteiger partial charge in [0.15, 0.2) is 0 Å². The molecule has 31 heavy (non-hydrogen) atoms. The van der Waals surface area contributed by atoms with Crippen molar-refractivity contribution in [2.75, 3.05) is 16.8 Å². The molecule has 0 radical (unpaired) electrons. The Morgan fingerprint density at radius 1 is 1.06 bits per heavy atom. The summed E-state index contributed by atoms with van der Waals surface area (Å²) in [6.07, 6.45) is 1.19. The van der Waals surface area contributed by atoms with Crippen LogP contribution in [0.2, 0.25) is 0 Å². The standard InChI is InChI=1S/C26H25N3OS/c1-26(2)11-12-31-24-10-9-16(13-19(24)26)22-14-17-7-8-18(15-23(17)28-22)25(30)29-21-6-4-3-5-20(21)27/h3-10,13-15,28H,11-12,27H2,1-2H3,(H,29,30). The van der Waals surface area contributed by atoms with Crippen LogP contribution < -0.4 is 11.1 Å². The Balaban J connectivity index is 1.46. The minimum absolute atomic E-state index is 0.177. The third kappa shape index (κ3) is 3.70. The van der Waals surface area contributed by atoms with E-state index in [9.17, 15) is 4.79 Å². The molecule has 3 aromatic carbocycles. The molecule has 5 heteroatoms. The fraction of sp³-hybridized carbons (Fsp3) is 0.192.